The van der Waals surface area contributed by atoms with Crippen LogP contribution >= 0.6 is 0 Å². The Kier molecular flexibility index (Phi) is 5.63. The Hall–Kier alpha value is -3.59. The Bertz CT molecular complexity index is 877. The van der Waals surface area contributed by atoms with Crippen molar-refractivity contribution in [3.63, 3.8) is 0 Å². The van der Waals surface area contributed by atoms with Crippen LogP contribution in [0.2, 0.25) is 0 Å². The number of hydrogen-bond acceptors (Lipinski definition) is 4. The van der Waals surface area contributed by atoms with Crippen molar-refractivity contribution in [3.05, 3.63) is 77.7 Å². The summed E-state index contributed by atoms with van der Waals surface area (Å²) in [5.74, 6) is 2.85. The van der Waals surface area contributed by atoms with Crippen molar-refractivity contribution < 1.29 is 4.79 Å². The molecule has 0 aliphatic carbocycles. The number of amides is 1. The fourth-order valence-electron chi connectivity index (χ4n) is 2.40. The summed E-state index contributed by atoms with van der Waals surface area (Å²) in [6.45, 7) is 1.61. The van der Waals surface area contributed by atoms with E-state index in [2.05, 4.69) is 50.9 Å². The third kappa shape index (κ3) is 4.71. The van der Waals surface area contributed by atoms with Gasteiger partial charge in [-0.2, -0.15) is 5.10 Å². The Morgan fingerprint density at radius 2 is 1.96 bits per heavy atom. The fraction of sp³-hybridized carbons (Fsp3) is 0.150. The monoisotopic (exact) mass is 345 g/mol. The van der Waals surface area contributed by atoms with Gasteiger partial charge in [0.2, 0.25) is 0 Å². The first-order valence-electron chi connectivity index (χ1n) is 8.21. The van der Waals surface area contributed by atoms with E-state index in [0.717, 1.165) is 12.1 Å². The number of nitrogens with one attached hydrogen (secondary N) is 2. The molecule has 2 aromatic heterocycles. The van der Waals surface area contributed by atoms with Gasteiger partial charge in [-0.3, -0.25) is 9.48 Å². The van der Waals surface area contributed by atoms with Gasteiger partial charge in [-0.05, 0) is 29.3 Å². The van der Waals surface area contributed by atoms with Gasteiger partial charge in [0.15, 0.2) is 0 Å². The predicted molar refractivity (Wildman–Crippen MR) is 101 cm³/mol. The van der Waals surface area contributed by atoms with Crippen molar-refractivity contribution in [1.29, 1.82) is 0 Å². The number of hydrogen-bond donors (Lipinski definition) is 2. The molecule has 0 aliphatic heterocycles. The van der Waals surface area contributed by atoms with Gasteiger partial charge < -0.3 is 10.6 Å². The number of carbonyl (C=O) groups excluding carboxylic acids is 1. The maximum Gasteiger partial charge on any atom is 0.253 e. The van der Waals surface area contributed by atoms with E-state index < -0.39 is 0 Å². The molecule has 0 saturated carbocycles. The lowest BCUT2D eigenvalue weighted by Gasteiger charge is -2.08. The van der Waals surface area contributed by atoms with Crippen molar-refractivity contribution in [2.24, 2.45) is 0 Å². The van der Waals surface area contributed by atoms with Gasteiger partial charge in [-0.15, -0.1) is 6.42 Å². The highest BCUT2D eigenvalue weighted by molar-refractivity contribution is 5.94. The first-order chi connectivity index (χ1) is 12.7. The Balaban J connectivity index is 1.52. The molecule has 0 radical (unpaired) electrons. The van der Waals surface area contributed by atoms with Crippen LogP contribution in [-0.2, 0) is 13.1 Å². The van der Waals surface area contributed by atoms with E-state index >= 15 is 0 Å². The molecule has 0 atom stereocenters. The molecule has 0 saturated heterocycles. The zero-order valence-electron chi connectivity index (χ0n) is 14.2. The number of benzene rings is 1. The number of pyridine rings is 1. The molecule has 0 aliphatic rings. The summed E-state index contributed by atoms with van der Waals surface area (Å²) in [6.07, 6.45) is 10.4. The highest BCUT2D eigenvalue weighted by Crippen LogP contribution is 2.10. The first kappa shape index (κ1) is 17.2. The number of aromatic nitrogens is 3. The molecule has 0 fully saturated rings. The predicted octanol–water partition coefficient (Wildman–Crippen LogP) is 2.30. The zero-order chi connectivity index (χ0) is 18.2. The van der Waals surface area contributed by atoms with Crippen LogP contribution in [0.3, 0.4) is 0 Å². The number of carbonyl (C=O) groups is 1. The van der Waals surface area contributed by atoms with Crippen LogP contribution in [0.1, 0.15) is 21.5 Å². The second kappa shape index (κ2) is 8.49. The second-order valence-corrected chi connectivity index (χ2v) is 5.69. The molecule has 1 aromatic carbocycles. The Morgan fingerprint density at radius 3 is 2.62 bits per heavy atom. The third-order valence-corrected chi connectivity index (χ3v) is 3.78. The zero-order valence-corrected chi connectivity index (χ0v) is 14.2. The van der Waals surface area contributed by atoms with Crippen molar-refractivity contribution in [3.8, 4) is 12.3 Å². The quantitative estimate of drug-likeness (QED) is 0.645. The van der Waals surface area contributed by atoms with Gasteiger partial charge in [0.05, 0.1) is 18.7 Å². The lowest BCUT2D eigenvalue weighted by Crippen LogP contribution is -2.23. The number of nitrogens with zero attached hydrogens (tertiary/aromatic N) is 3. The normalized spacial score (nSPS) is 10.1. The van der Waals surface area contributed by atoms with Gasteiger partial charge in [0.1, 0.15) is 5.82 Å². The molecule has 0 unspecified atom stereocenters. The molecule has 2 N–H and O–H groups in total. The average Bonchev–Trinajstić information content (AvgIpc) is 3.19. The van der Waals surface area contributed by atoms with Crippen LogP contribution in [0.4, 0.5) is 5.82 Å². The van der Waals surface area contributed by atoms with Crippen molar-refractivity contribution in [2.45, 2.75) is 13.1 Å². The summed E-state index contributed by atoms with van der Waals surface area (Å²) in [5.41, 5.74) is 2.82. The van der Waals surface area contributed by atoms with E-state index in [1.807, 2.05) is 16.9 Å². The largest absolute Gasteiger partial charge is 0.366 e. The van der Waals surface area contributed by atoms with E-state index in [9.17, 15) is 4.79 Å². The van der Waals surface area contributed by atoms with Gasteiger partial charge >= 0.3 is 0 Å². The van der Waals surface area contributed by atoms with Crippen LogP contribution < -0.4 is 10.6 Å². The van der Waals surface area contributed by atoms with Crippen LogP contribution in [-0.4, -0.2) is 27.2 Å². The number of anilines is 1. The van der Waals surface area contributed by atoms with Gasteiger partial charge in [0, 0.05) is 25.1 Å². The molecular weight excluding hydrogens is 326 g/mol. The first-order valence-corrected chi connectivity index (χ1v) is 8.21. The highest BCUT2D eigenvalue weighted by atomic mass is 16.1. The van der Waals surface area contributed by atoms with Crippen LogP contribution in [0.15, 0.2) is 61.1 Å². The van der Waals surface area contributed by atoms with Crippen LogP contribution in [0.25, 0.3) is 0 Å². The molecule has 0 spiro atoms. The molecule has 26 heavy (non-hydrogen) atoms. The van der Waals surface area contributed by atoms with Gasteiger partial charge in [-0.1, -0.05) is 30.2 Å². The van der Waals surface area contributed by atoms with Gasteiger partial charge in [-0.25, -0.2) is 4.98 Å². The second-order valence-electron chi connectivity index (χ2n) is 5.69. The van der Waals surface area contributed by atoms with E-state index in [1.165, 1.54) is 11.8 Å². The average molecular weight is 345 g/mol. The standard InChI is InChI=1S/C20H19N5O/c1-2-10-21-20(26)18-8-9-19(23-14-18)22-13-16-4-6-17(7-5-16)15-25-12-3-11-24-25/h1,3-9,11-12,14H,10,13,15H2,(H,21,26)(H,22,23). The molecule has 0 bridgehead atoms. The summed E-state index contributed by atoms with van der Waals surface area (Å²) in [7, 11) is 0. The van der Waals surface area contributed by atoms with Crippen molar-refractivity contribution >= 4 is 11.7 Å². The molecule has 2 heterocycles. The van der Waals surface area contributed by atoms with E-state index in [4.69, 9.17) is 6.42 Å². The number of terminal acetylenes is 1. The fourth-order valence-corrected chi connectivity index (χ4v) is 2.40. The summed E-state index contributed by atoms with van der Waals surface area (Å²) in [6, 6.07) is 13.7. The highest BCUT2D eigenvalue weighted by Gasteiger charge is 2.05. The lowest BCUT2D eigenvalue weighted by atomic mass is 10.1. The lowest BCUT2D eigenvalue weighted by molar-refractivity contribution is 0.0958. The third-order valence-electron chi connectivity index (χ3n) is 3.78. The molecule has 6 nitrogen and oxygen atoms in total. The molecule has 6 heteroatoms. The summed E-state index contributed by atoms with van der Waals surface area (Å²) in [4.78, 5) is 16.0. The summed E-state index contributed by atoms with van der Waals surface area (Å²) < 4.78 is 1.89. The smallest absolute Gasteiger partial charge is 0.253 e. The number of rotatable bonds is 7. The Labute approximate surface area is 152 Å². The minimum Gasteiger partial charge on any atom is -0.366 e. The maximum absolute atomic E-state index is 11.8. The van der Waals surface area contributed by atoms with E-state index in [1.54, 1.807) is 18.3 Å². The minimum absolute atomic E-state index is 0.204. The Morgan fingerprint density at radius 1 is 1.15 bits per heavy atom. The minimum atomic E-state index is -0.227. The molecule has 3 aromatic rings. The molecule has 130 valence electrons. The molecule has 1 amide bonds. The van der Waals surface area contributed by atoms with Crippen LogP contribution in [0.5, 0.6) is 0 Å². The summed E-state index contributed by atoms with van der Waals surface area (Å²) >= 11 is 0. The van der Waals surface area contributed by atoms with Crippen molar-refractivity contribution in [2.75, 3.05) is 11.9 Å². The van der Waals surface area contributed by atoms with Crippen LogP contribution in [0, 0.1) is 12.3 Å². The van der Waals surface area contributed by atoms with E-state index in [0.29, 0.717) is 17.9 Å². The van der Waals surface area contributed by atoms with E-state index in [-0.39, 0.29) is 12.5 Å². The van der Waals surface area contributed by atoms with Gasteiger partial charge in [0.25, 0.3) is 5.91 Å². The SMILES string of the molecule is C#CCNC(=O)c1ccc(NCc2ccc(Cn3cccn3)cc2)nc1. The molecular formula is C20H19N5O. The maximum atomic E-state index is 11.8. The molecule has 3 rings (SSSR count). The topological polar surface area (TPSA) is 71.8 Å². The summed E-state index contributed by atoms with van der Waals surface area (Å²) in [5, 5.41) is 10.1. The van der Waals surface area contributed by atoms with Crippen molar-refractivity contribution in [1.82, 2.24) is 20.1 Å².